The minimum absolute atomic E-state index is 0.0302. The molecule has 0 unspecified atom stereocenters. The Hall–Kier alpha value is -2.24. The van der Waals surface area contributed by atoms with Crippen molar-refractivity contribution in [3.05, 3.63) is 68.5 Å². The van der Waals surface area contributed by atoms with Gasteiger partial charge in [-0.3, -0.25) is 9.69 Å². The number of nitrogens with zero attached hydrogens (tertiary/aromatic N) is 3. The molecule has 3 aromatic rings. The third-order valence-corrected chi connectivity index (χ3v) is 5.33. The second-order valence-corrected chi connectivity index (χ2v) is 8.54. The number of pyridine rings is 1. The van der Waals surface area contributed by atoms with E-state index in [9.17, 15) is 4.79 Å². The summed E-state index contributed by atoms with van der Waals surface area (Å²) in [4.78, 5) is 27.0. The van der Waals surface area contributed by atoms with Gasteiger partial charge in [0.05, 0.1) is 16.8 Å². The summed E-state index contributed by atoms with van der Waals surface area (Å²) in [5.41, 5.74) is 3.36. The summed E-state index contributed by atoms with van der Waals surface area (Å²) in [5.74, 6) is 0.751. The van der Waals surface area contributed by atoms with Gasteiger partial charge in [0.25, 0.3) is 5.56 Å². The molecular formula is C21H23ClN4O. The van der Waals surface area contributed by atoms with Crippen molar-refractivity contribution in [2.24, 2.45) is 0 Å². The summed E-state index contributed by atoms with van der Waals surface area (Å²) in [7, 11) is 0. The highest BCUT2D eigenvalue weighted by Crippen LogP contribution is 2.25. The fourth-order valence-corrected chi connectivity index (χ4v) is 3.66. The molecule has 0 radical (unpaired) electrons. The van der Waals surface area contributed by atoms with Crippen LogP contribution in [0.3, 0.4) is 0 Å². The first-order chi connectivity index (χ1) is 12.8. The number of fused-ring (bicyclic) bond motifs is 2. The van der Waals surface area contributed by atoms with E-state index in [0.717, 1.165) is 46.5 Å². The smallest absolute Gasteiger partial charge is 0.255 e. The number of nitrogens with one attached hydrogen (secondary N) is 1. The average molecular weight is 383 g/mol. The van der Waals surface area contributed by atoms with E-state index in [0.29, 0.717) is 18.2 Å². The number of rotatable bonds is 2. The third-order valence-electron chi connectivity index (χ3n) is 5.00. The van der Waals surface area contributed by atoms with E-state index in [2.05, 4.69) is 41.7 Å². The van der Waals surface area contributed by atoms with Crippen molar-refractivity contribution in [3.63, 3.8) is 0 Å². The minimum atomic E-state index is -0.171. The number of benzene rings is 1. The highest BCUT2D eigenvalue weighted by atomic mass is 35.5. The molecule has 1 aliphatic heterocycles. The van der Waals surface area contributed by atoms with Gasteiger partial charge in [-0.2, -0.15) is 0 Å². The summed E-state index contributed by atoms with van der Waals surface area (Å²) in [6.45, 7) is 8.25. The van der Waals surface area contributed by atoms with E-state index in [4.69, 9.17) is 16.6 Å². The third kappa shape index (κ3) is 3.62. The quantitative estimate of drug-likeness (QED) is 0.684. The van der Waals surface area contributed by atoms with Gasteiger partial charge in [-0.15, -0.1) is 0 Å². The van der Waals surface area contributed by atoms with Crippen molar-refractivity contribution in [3.8, 4) is 0 Å². The first-order valence-corrected chi connectivity index (χ1v) is 9.58. The van der Waals surface area contributed by atoms with Crippen molar-refractivity contribution in [1.82, 2.24) is 19.9 Å². The number of para-hydroxylation sites is 1. The molecule has 0 bridgehead atoms. The lowest BCUT2D eigenvalue weighted by Gasteiger charge is -2.29. The van der Waals surface area contributed by atoms with Crippen molar-refractivity contribution < 1.29 is 0 Å². The van der Waals surface area contributed by atoms with Crippen LogP contribution in [0.5, 0.6) is 0 Å². The molecule has 0 saturated carbocycles. The Bertz CT molecular complexity index is 1070. The van der Waals surface area contributed by atoms with Crippen LogP contribution in [0.15, 0.2) is 35.1 Å². The maximum Gasteiger partial charge on any atom is 0.255 e. The Morgan fingerprint density at radius 2 is 2.00 bits per heavy atom. The fourth-order valence-electron chi connectivity index (χ4n) is 3.46. The summed E-state index contributed by atoms with van der Waals surface area (Å²) >= 11 is 6.41. The Morgan fingerprint density at radius 1 is 1.22 bits per heavy atom. The molecule has 0 amide bonds. The van der Waals surface area contributed by atoms with Crippen LogP contribution < -0.4 is 5.56 Å². The lowest BCUT2D eigenvalue weighted by molar-refractivity contribution is 0.241. The summed E-state index contributed by atoms with van der Waals surface area (Å²) in [6, 6.07) is 10.0. The van der Waals surface area contributed by atoms with Crippen molar-refractivity contribution in [2.45, 2.75) is 45.7 Å². The Morgan fingerprint density at radius 3 is 2.78 bits per heavy atom. The largest absolute Gasteiger partial charge is 0.310 e. The van der Waals surface area contributed by atoms with Gasteiger partial charge in [-0.25, -0.2) is 9.97 Å². The molecule has 4 rings (SSSR count). The van der Waals surface area contributed by atoms with E-state index in [-0.39, 0.29) is 11.0 Å². The number of halogens is 1. The van der Waals surface area contributed by atoms with Crippen LogP contribution in [0.25, 0.3) is 10.9 Å². The van der Waals surface area contributed by atoms with Crippen molar-refractivity contribution in [1.29, 1.82) is 0 Å². The lowest BCUT2D eigenvalue weighted by atomic mass is 9.95. The van der Waals surface area contributed by atoms with Gasteiger partial charge >= 0.3 is 0 Å². The van der Waals surface area contributed by atoms with E-state index in [1.54, 1.807) is 0 Å². The molecule has 0 spiro atoms. The molecule has 3 heterocycles. The van der Waals surface area contributed by atoms with Gasteiger partial charge in [0, 0.05) is 42.4 Å². The lowest BCUT2D eigenvalue weighted by Crippen LogP contribution is -2.37. The molecular weight excluding hydrogens is 360 g/mol. The summed E-state index contributed by atoms with van der Waals surface area (Å²) in [5, 5.41) is 1.60. The number of hydrogen-bond acceptors (Lipinski definition) is 4. The predicted molar refractivity (Wildman–Crippen MR) is 108 cm³/mol. The average Bonchev–Trinajstić information content (AvgIpc) is 2.62. The molecule has 1 aromatic carbocycles. The normalized spacial score (nSPS) is 15.1. The molecule has 1 N–H and O–H groups in total. The van der Waals surface area contributed by atoms with Crippen LogP contribution >= 0.6 is 11.6 Å². The molecule has 1 aliphatic rings. The van der Waals surface area contributed by atoms with E-state index in [1.165, 1.54) is 0 Å². The predicted octanol–water partition coefficient (Wildman–Crippen LogP) is 3.83. The highest BCUT2D eigenvalue weighted by molar-refractivity contribution is 6.30. The van der Waals surface area contributed by atoms with Crippen LogP contribution in [0, 0.1) is 0 Å². The zero-order valence-corrected chi connectivity index (χ0v) is 16.6. The molecule has 5 nitrogen and oxygen atoms in total. The zero-order valence-electron chi connectivity index (χ0n) is 15.8. The van der Waals surface area contributed by atoms with Crippen molar-refractivity contribution >= 4 is 22.5 Å². The van der Waals surface area contributed by atoms with E-state index < -0.39 is 0 Å². The van der Waals surface area contributed by atoms with Crippen LogP contribution in [0.4, 0.5) is 0 Å². The van der Waals surface area contributed by atoms with E-state index >= 15 is 0 Å². The first-order valence-electron chi connectivity index (χ1n) is 9.20. The maximum absolute atomic E-state index is 12.6. The highest BCUT2D eigenvalue weighted by Gasteiger charge is 2.25. The standard InChI is InChI=1S/C21H23ClN4O/c1-21(2,3)20-24-17-8-9-26(12-15(17)19(27)25-20)11-14-10-13-6-4-5-7-16(13)23-18(14)22/h4-7,10H,8-9,11-12H2,1-3H3,(H,24,25,27). The second kappa shape index (κ2) is 6.73. The van der Waals surface area contributed by atoms with Gasteiger partial charge in [-0.05, 0) is 12.1 Å². The van der Waals surface area contributed by atoms with E-state index in [1.807, 2.05) is 24.3 Å². The first kappa shape index (κ1) is 18.1. The van der Waals surface area contributed by atoms with Crippen LogP contribution in [-0.4, -0.2) is 26.4 Å². The summed E-state index contributed by atoms with van der Waals surface area (Å²) < 4.78 is 0. The molecule has 0 fully saturated rings. The van der Waals surface area contributed by atoms with Crippen molar-refractivity contribution in [2.75, 3.05) is 6.54 Å². The van der Waals surface area contributed by atoms with Gasteiger partial charge in [0.2, 0.25) is 0 Å². The molecule has 140 valence electrons. The molecule has 6 heteroatoms. The second-order valence-electron chi connectivity index (χ2n) is 8.18. The fraction of sp³-hybridized carbons (Fsp3) is 0.381. The zero-order chi connectivity index (χ0) is 19.2. The Kier molecular flexibility index (Phi) is 4.52. The summed E-state index contributed by atoms with van der Waals surface area (Å²) in [6.07, 6.45) is 0.765. The topological polar surface area (TPSA) is 61.9 Å². The molecule has 0 saturated heterocycles. The van der Waals surface area contributed by atoms with Gasteiger partial charge in [0.15, 0.2) is 0 Å². The molecule has 2 aromatic heterocycles. The van der Waals surface area contributed by atoms with Crippen LogP contribution in [0.1, 0.15) is 43.4 Å². The monoisotopic (exact) mass is 382 g/mol. The molecule has 27 heavy (non-hydrogen) atoms. The number of hydrogen-bond donors (Lipinski definition) is 1. The van der Waals surface area contributed by atoms with Gasteiger partial charge in [-0.1, -0.05) is 50.6 Å². The maximum atomic E-state index is 12.6. The number of aromatic amines is 1. The van der Waals surface area contributed by atoms with Gasteiger partial charge < -0.3 is 4.98 Å². The Balaban J connectivity index is 1.60. The SMILES string of the molecule is CC(C)(C)c1nc2c(c(=O)[nH]1)CN(Cc1cc3ccccc3nc1Cl)CC2. The van der Waals surface area contributed by atoms with Crippen LogP contribution in [0.2, 0.25) is 5.15 Å². The number of aromatic nitrogens is 3. The Labute approximate surface area is 163 Å². The minimum Gasteiger partial charge on any atom is -0.310 e. The molecule has 0 atom stereocenters. The van der Waals surface area contributed by atoms with Crippen LogP contribution in [-0.2, 0) is 24.9 Å². The number of H-pyrrole nitrogens is 1. The molecule has 0 aliphatic carbocycles. The van der Waals surface area contributed by atoms with Gasteiger partial charge in [0.1, 0.15) is 11.0 Å².